The van der Waals surface area contributed by atoms with E-state index in [2.05, 4.69) is 223 Å². The second kappa shape index (κ2) is 13.7. The fourth-order valence-electron chi connectivity index (χ4n) is 10.3. The van der Waals surface area contributed by atoms with Crippen molar-refractivity contribution in [2.24, 2.45) is 0 Å². The van der Waals surface area contributed by atoms with E-state index in [1.165, 1.54) is 86.2 Å². The molecule has 0 aliphatic carbocycles. The maximum atomic E-state index is 6.95. The molecule has 9 aromatic rings. The predicted octanol–water partition coefficient (Wildman–Crippen LogP) is 9.00. The zero-order valence-corrected chi connectivity index (χ0v) is 34.2. The first-order valence-corrected chi connectivity index (χ1v) is 23.6. The Morgan fingerprint density at radius 3 is 1.49 bits per heavy atom. The van der Waals surface area contributed by atoms with Crippen molar-refractivity contribution >= 4 is 80.7 Å². The molecular formula is C54H37BNOSSi-. The quantitative estimate of drug-likeness (QED) is 0.162. The van der Waals surface area contributed by atoms with Crippen LogP contribution in [-0.2, 0) is 0 Å². The molecule has 0 saturated heterocycles. The summed E-state index contributed by atoms with van der Waals surface area (Å²) in [4.78, 5) is 5.08. The summed E-state index contributed by atoms with van der Waals surface area (Å²) in [6, 6.07) is 80.8. The molecule has 0 amide bonds. The van der Waals surface area contributed by atoms with Gasteiger partial charge in [0.1, 0.15) is 0 Å². The third-order valence-corrected chi connectivity index (χ3v) is 19.7. The van der Waals surface area contributed by atoms with Crippen LogP contribution in [0.1, 0.15) is 0 Å². The first-order chi connectivity index (χ1) is 29.3. The van der Waals surface area contributed by atoms with E-state index in [0.29, 0.717) is 0 Å². The summed E-state index contributed by atoms with van der Waals surface area (Å²) < 4.78 is 6.95. The van der Waals surface area contributed by atoms with Gasteiger partial charge in [-0.25, -0.2) is 0 Å². The smallest absolute Gasteiger partial charge is 0.0617 e. The van der Waals surface area contributed by atoms with Crippen molar-refractivity contribution in [3.05, 3.63) is 218 Å². The van der Waals surface area contributed by atoms with Crippen molar-refractivity contribution in [1.82, 2.24) is 0 Å². The second-order valence-electron chi connectivity index (χ2n) is 15.8. The van der Waals surface area contributed by atoms with E-state index in [0.717, 1.165) is 11.5 Å². The molecule has 9 aromatic carbocycles. The summed E-state index contributed by atoms with van der Waals surface area (Å²) >= 11 is 1.88. The van der Waals surface area contributed by atoms with E-state index >= 15 is 0 Å². The number of nitrogens with zero attached hydrogens (tertiary/aromatic N) is 1. The molecule has 0 aromatic heterocycles. The van der Waals surface area contributed by atoms with Gasteiger partial charge in [0, 0.05) is 0 Å². The molecule has 0 N–H and O–H groups in total. The van der Waals surface area contributed by atoms with Gasteiger partial charge in [-0.3, -0.25) is 0 Å². The molecule has 0 saturated carbocycles. The van der Waals surface area contributed by atoms with Crippen LogP contribution in [0.15, 0.2) is 228 Å². The van der Waals surface area contributed by atoms with Crippen molar-refractivity contribution in [3.8, 4) is 33.8 Å². The van der Waals surface area contributed by atoms with E-state index in [1.54, 1.807) is 0 Å². The van der Waals surface area contributed by atoms with Gasteiger partial charge in [0.05, 0.1) is 0 Å². The monoisotopic (exact) mass is 786 g/mol. The summed E-state index contributed by atoms with van der Waals surface area (Å²) in [7, 11) is -3.21. The van der Waals surface area contributed by atoms with Gasteiger partial charge in [-0.05, 0) is 0 Å². The van der Waals surface area contributed by atoms with Crippen LogP contribution in [0.3, 0.4) is 0 Å². The number of rotatable bonds is 5. The molecule has 5 heteroatoms. The minimum Gasteiger partial charge on any atom is -0.0617 e. The van der Waals surface area contributed by atoms with Crippen molar-refractivity contribution in [2.75, 3.05) is 4.90 Å². The Labute approximate surface area is 350 Å². The fourth-order valence-corrected chi connectivity index (χ4v) is 17.5. The average molecular weight is 787 g/mol. The third kappa shape index (κ3) is 5.22. The number of hydrogen-bond donors (Lipinski definition) is 0. The van der Waals surface area contributed by atoms with Gasteiger partial charge in [-0.1, -0.05) is 36.4 Å². The molecule has 2 nitrogen and oxygen atoms in total. The molecule has 0 unspecified atom stereocenters. The zero-order chi connectivity index (χ0) is 38.9. The molecule has 0 fully saturated rings. The summed E-state index contributed by atoms with van der Waals surface area (Å²) in [5.74, 6) is 1.84. The molecule has 0 bridgehead atoms. The molecule has 59 heavy (non-hydrogen) atoms. The van der Waals surface area contributed by atoms with Gasteiger partial charge in [0.25, 0.3) is 0 Å². The van der Waals surface area contributed by atoms with Gasteiger partial charge < -0.3 is 0 Å². The molecular weight excluding hydrogens is 750 g/mol. The van der Waals surface area contributed by atoms with E-state index in [-0.39, 0.29) is 6.71 Å². The van der Waals surface area contributed by atoms with Crippen molar-refractivity contribution in [3.63, 3.8) is 0 Å². The van der Waals surface area contributed by atoms with Crippen LogP contribution in [0.5, 0.6) is 11.5 Å². The summed E-state index contributed by atoms with van der Waals surface area (Å²) in [6.45, 7) is -0.0217. The van der Waals surface area contributed by atoms with E-state index < -0.39 is 8.07 Å². The maximum absolute atomic E-state index is 6.95. The van der Waals surface area contributed by atoms with Crippen LogP contribution >= 0.6 is 11.8 Å². The SMILES string of the molecule is c1ccc(-c2ccc3c(c2)B2c4cc(-c5ccccc5)ccc4Sc4c(N5c6ccccc6[SiH-](c6ccccc6)(c6ccccc6)c6ccccc65)ccc(c42)O3)cc1. The van der Waals surface area contributed by atoms with Crippen LogP contribution in [0.2, 0.25) is 0 Å². The Kier molecular flexibility index (Phi) is 7.94. The number of para-hydroxylation sites is 2. The molecule has 278 valence electrons. The van der Waals surface area contributed by atoms with Gasteiger partial charge in [0.15, 0.2) is 0 Å². The predicted molar refractivity (Wildman–Crippen MR) is 252 cm³/mol. The zero-order valence-electron chi connectivity index (χ0n) is 32.2. The number of anilines is 3. The second-order valence-corrected chi connectivity index (χ2v) is 21.2. The topological polar surface area (TPSA) is 12.5 Å². The number of benzene rings is 9. The minimum absolute atomic E-state index is 0.0217. The average Bonchev–Trinajstić information content (AvgIpc) is 3.32. The van der Waals surface area contributed by atoms with Crippen LogP contribution in [0.25, 0.3) is 22.3 Å². The molecule has 3 heterocycles. The summed E-state index contributed by atoms with van der Waals surface area (Å²) in [5.41, 5.74) is 12.2. The van der Waals surface area contributed by atoms with Crippen LogP contribution in [0, 0.1) is 0 Å². The van der Waals surface area contributed by atoms with Crippen LogP contribution in [-0.4, -0.2) is 14.8 Å². The Balaban J connectivity index is 1.12. The number of ether oxygens (including phenoxy) is 1. The van der Waals surface area contributed by atoms with E-state index in [1.807, 2.05) is 11.8 Å². The first kappa shape index (κ1) is 34.3. The molecule has 12 rings (SSSR count). The van der Waals surface area contributed by atoms with Gasteiger partial charge in [-0.15, -0.1) is 0 Å². The third-order valence-electron chi connectivity index (χ3n) is 12.8. The van der Waals surface area contributed by atoms with Crippen LogP contribution < -0.4 is 46.8 Å². The van der Waals surface area contributed by atoms with E-state index in [9.17, 15) is 0 Å². The fraction of sp³-hybridized carbons (Fsp3) is 0. The van der Waals surface area contributed by atoms with Crippen molar-refractivity contribution in [2.45, 2.75) is 9.79 Å². The summed E-state index contributed by atoms with van der Waals surface area (Å²) in [5, 5.41) is 5.66. The Hall–Kier alpha value is -6.79. The van der Waals surface area contributed by atoms with Crippen molar-refractivity contribution in [1.29, 1.82) is 0 Å². The summed E-state index contributed by atoms with van der Waals surface area (Å²) in [6.07, 6.45) is 0. The molecule has 3 aliphatic rings. The van der Waals surface area contributed by atoms with Gasteiger partial charge >= 0.3 is 316 Å². The van der Waals surface area contributed by atoms with Gasteiger partial charge in [0.2, 0.25) is 0 Å². The van der Waals surface area contributed by atoms with E-state index in [4.69, 9.17) is 4.74 Å². The Bertz CT molecular complexity index is 2930. The first-order valence-electron chi connectivity index (χ1n) is 20.4. The molecule has 0 radical (unpaired) electrons. The Morgan fingerprint density at radius 1 is 0.407 bits per heavy atom. The Morgan fingerprint density at radius 2 is 0.898 bits per heavy atom. The normalized spacial score (nSPS) is 14.4. The minimum atomic E-state index is -3.21. The number of hydrogen-bond acceptors (Lipinski definition) is 3. The van der Waals surface area contributed by atoms with Crippen molar-refractivity contribution < 1.29 is 4.74 Å². The number of fused-ring (bicyclic) bond motifs is 6. The van der Waals surface area contributed by atoms with Gasteiger partial charge in [-0.2, -0.15) is 0 Å². The molecule has 0 atom stereocenters. The molecule has 3 aliphatic heterocycles. The molecule has 0 spiro atoms. The van der Waals surface area contributed by atoms with Crippen LogP contribution in [0.4, 0.5) is 17.1 Å². The standard InChI is InChI=1S/C54H37BNOSSi/c1-5-17-37(18-6-1)39-29-32-48-43(35-39)55-44-36-40(38-19-7-2-8-20-38)30-34-50(44)58-54-47(31-33-49(57-48)53(54)55)56-45-25-13-15-27-51(45)59(41-21-9-3-10-22-41,42-23-11-4-12-24-42)52-28-16-14-26-46(52)56/h1-36,59H/q-1.